The van der Waals surface area contributed by atoms with Crippen LogP contribution in [-0.4, -0.2) is 24.1 Å². The summed E-state index contributed by atoms with van der Waals surface area (Å²) >= 11 is 2.17. The summed E-state index contributed by atoms with van der Waals surface area (Å²) in [6.07, 6.45) is 3.01. The minimum atomic E-state index is 0.964. The molecule has 0 unspecified atom stereocenters. The lowest BCUT2D eigenvalue weighted by Crippen LogP contribution is -2.44. The predicted octanol–water partition coefficient (Wildman–Crippen LogP) is 1.10. The van der Waals surface area contributed by atoms with Crippen LogP contribution in [0.4, 0.5) is 0 Å². The van der Waals surface area contributed by atoms with Crippen LogP contribution in [0.1, 0.15) is 12.8 Å². The van der Waals surface area contributed by atoms with Gasteiger partial charge in [-0.3, -0.25) is 0 Å². The molecule has 2 fully saturated rings. The standard InChI is InChI=1S/C7H13NS/c1-2-6(1)5-9-7-3-8-4-7/h6-8H,1-5H2. The molecule has 1 nitrogen and oxygen atoms in total. The molecule has 1 N–H and O–H groups in total. The van der Waals surface area contributed by atoms with Gasteiger partial charge >= 0.3 is 0 Å². The van der Waals surface area contributed by atoms with Crippen LogP contribution in [0.2, 0.25) is 0 Å². The van der Waals surface area contributed by atoms with Crippen LogP contribution < -0.4 is 5.32 Å². The zero-order valence-corrected chi connectivity index (χ0v) is 6.41. The minimum Gasteiger partial charge on any atom is -0.314 e. The fraction of sp³-hybridized carbons (Fsp3) is 1.00. The lowest BCUT2D eigenvalue weighted by Gasteiger charge is -2.26. The van der Waals surface area contributed by atoms with Crippen molar-refractivity contribution in [2.45, 2.75) is 18.1 Å². The van der Waals surface area contributed by atoms with Crippen molar-refractivity contribution < 1.29 is 0 Å². The van der Waals surface area contributed by atoms with Crippen LogP contribution in [0.5, 0.6) is 0 Å². The van der Waals surface area contributed by atoms with Gasteiger partial charge in [-0.25, -0.2) is 0 Å². The van der Waals surface area contributed by atoms with Crippen LogP contribution in [-0.2, 0) is 0 Å². The monoisotopic (exact) mass is 143 g/mol. The average Bonchev–Trinajstić information content (AvgIpc) is 2.44. The molecular formula is C7H13NS. The first kappa shape index (κ1) is 6.05. The molecule has 0 spiro atoms. The lowest BCUT2D eigenvalue weighted by molar-refractivity contribution is 0.543. The molecule has 1 heterocycles. The summed E-state index contributed by atoms with van der Waals surface area (Å²) in [6.45, 7) is 2.52. The first-order chi connectivity index (χ1) is 4.45. The molecule has 1 saturated heterocycles. The second kappa shape index (κ2) is 2.51. The molecule has 0 aromatic carbocycles. The lowest BCUT2D eigenvalue weighted by atomic mass is 10.3. The Hall–Kier alpha value is 0.310. The summed E-state index contributed by atoms with van der Waals surface area (Å²) in [5, 5.41) is 4.25. The first-order valence-electron chi connectivity index (χ1n) is 3.77. The third kappa shape index (κ3) is 1.62. The molecule has 0 radical (unpaired) electrons. The number of hydrogen-bond donors (Lipinski definition) is 1. The van der Waals surface area contributed by atoms with Crippen molar-refractivity contribution in [1.82, 2.24) is 5.32 Å². The van der Waals surface area contributed by atoms with E-state index in [1.54, 1.807) is 0 Å². The van der Waals surface area contributed by atoms with E-state index in [-0.39, 0.29) is 0 Å². The molecule has 9 heavy (non-hydrogen) atoms. The Morgan fingerprint density at radius 3 is 2.56 bits per heavy atom. The van der Waals surface area contributed by atoms with Gasteiger partial charge in [0.25, 0.3) is 0 Å². The van der Waals surface area contributed by atoms with Crippen molar-refractivity contribution in [3.8, 4) is 0 Å². The van der Waals surface area contributed by atoms with E-state index in [9.17, 15) is 0 Å². The van der Waals surface area contributed by atoms with Crippen molar-refractivity contribution in [2.75, 3.05) is 18.8 Å². The molecule has 1 aliphatic heterocycles. The highest BCUT2D eigenvalue weighted by molar-refractivity contribution is 8.00. The minimum absolute atomic E-state index is 0.964. The maximum absolute atomic E-state index is 3.28. The number of rotatable bonds is 3. The Balaban J connectivity index is 1.55. The average molecular weight is 143 g/mol. The quantitative estimate of drug-likeness (QED) is 0.635. The second-order valence-electron chi connectivity index (χ2n) is 3.06. The first-order valence-corrected chi connectivity index (χ1v) is 4.82. The van der Waals surface area contributed by atoms with E-state index >= 15 is 0 Å². The Bertz CT molecular complexity index is 97.1. The molecule has 0 aromatic heterocycles. The molecule has 0 amide bonds. The summed E-state index contributed by atoms with van der Waals surface area (Å²) < 4.78 is 0. The fourth-order valence-corrected chi connectivity index (χ4v) is 2.29. The maximum Gasteiger partial charge on any atom is 0.0297 e. The van der Waals surface area contributed by atoms with Crippen LogP contribution in [0, 0.1) is 5.92 Å². The maximum atomic E-state index is 3.28. The summed E-state index contributed by atoms with van der Waals surface area (Å²) in [6, 6.07) is 0. The number of nitrogens with one attached hydrogen (secondary N) is 1. The highest BCUT2D eigenvalue weighted by atomic mass is 32.2. The molecule has 1 saturated carbocycles. The van der Waals surface area contributed by atoms with Gasteiger partial charge in [0.05, 0.1) is 0 Å². The highest BCUT2D eigenvalue weighted by Gasteiger charge is 2.24. The normalized spacial score (nSPS) is 28.0. The molecule has 2 rings (SSSR count). The van der Waals surface area contributed by atoms with Crippen LogP contribution in [0.25, 0.3) is 0 Å². The molecule has 2 heteroatoms. The Morgan fingerprint density at radius 1 is 1.33 bits per heavy atom. The van der Waals surface area contributed by atoms with Crippen molar-refractivity contribution >= 4 is 11.8 Å². The molecule has 0 bridgehead atoms. The smallest absolute Gasteiger partial charge is 0.0297 e. The van der Waals surface area contributed by atoms with Crippen LogP contribution in [0.3, 0.4) is 0 Å². The van der Waals surface area contributed by atoms with Gasteiger partial charge in [0.1, 0.15) is 0 Å². The van der Waals surface area contributed by atoms with E-state index < -0.39 is 0 Å². The van der Waals surface area contributed by atoms with Crippen LogP contribution in [0.15, 0.2) is 0 Å². The zero-order chi connectivity index (χ0) is 6.10. The third-order valence-electron chi connectivity index (χ3n) is 2.01. The van der Waals surface area contributed by atoms with E-state index in [1.807, 2.05) is 0 Å². The molecular weight excluding hydrogens is 130 g/mol. The molecule has 0 aromatic rings. The van der Waals surface area contributed by atoms with Gasteiger partial charge in [-0.2, -0.15) is 11.8 Å². The van der Waals surface area contributed by atoms with Crippen molar-refractivity contribution in [1.29, 1.82) is 0 Å². The second-order valence-corrected chi connectivity index (χ2v) is 4.39. The zero-order valence-electron chi connectivity index (χ0n) is 5.60. The van der Waals surface area contributed by atoms with E-state index in [1.165, 1.54) is 31.7 Å². The third-order valence-corrected chi connectivity index (χ3v) is 3.48. The van der Waals surface area contributed by atoms with E-state index in [2.05, 4.69) is 17.1 Å². The van der Waals surface area contributed by atoms with Gasteiger partial charge in [0.15, 0.2) is 0 Å². The van der Waals surface area contributed by atoms with Gasteiger partial charge in [-0.15, -0.1) is 0 Å². The molecule has 1 aliphatic carbocycles. The van der Waals surface area contributed by atoms with E-state index in [0.717, 1.165) is 11.2 Å². The summed E-state index contributed by atoms with van der Waals surface area (Å²) in [7, 11) is 0. The van der Waals surface area contributed by atoms with E-state index in [4.69, 9.17) is 0 Å². The van der Waals surface area contributed by atoms with Gasteiger partial charge in [0, 0.05) is 18.3 Å². The summed E-state index contributed by atoms with van der Waals surface area (Å²) in [5.41, 5.74) is 0. The Kier molecular flexibility index (Phi) is 1.68. The Labute approximate surface area is 60.6 Å². The largest absolute Gasteiger partial charge is 0.314 e. The van der Waals surface area contributed by atoms with Crippen LogP contribution >= 0.6 is 11.8 Å². The summed E-state index contributed by atoms with van der Waals surface area (Å²) in [4.78, 5) is 0. The molecule has 0 atom stereocenters. The number of thioether (sulfide) groups is 1. The van der Waals surface area contributed by atoms with E-state index in [0.29, 0.717) is 0 Å². The van der Waals surface area contributed by atoms with Crippen molar-refractivity contribution in [2.24, 2.45) is 5.92 Å². The fourth-order valence-electron chi connectivity index (χ4n) is 0.937. The van der Waals surface area contributed by atoms with Gasteiger partial charge in [-0.05, 0) is 24.5 Å². The topological polar surface area (TPSA) is 12.0 Å². The number of hydrogen-bond acceptors (Lipinski definition) is 2. The highest BCUT2D eigenvalue weighted by Crippen LogP contribution is 2.34. The van der Waals surface area contributed by atoms with Gasteiger partial charge in [0.2, 0.25) is 0 Å². The van der Waals surface area contributed by atoms with Gasteiger partial charge < -0.3 is 5.32 Å². The SMILES string of the molecule is C1CC1CSC1CNC1. The predicted molar refractivity (Wildman–Crippen MR) is 41.8 cm³/mol. The molecule has 2 aliphatic rings. The molecule has 52 valence electrons. The van der Waals surface area contributed by atoms with Gasteiger partial charge in [-0.1, -0.05) is 0 Å². The van der Waals surface area contributed by atoms with Crippen molar-refractivity contribution in [3.05, 3.63) is 0 Å². The van der Waals surface area contributed by atoms with Crippen molar-refractivity contribution in [3.63, 3.8) is 0 Å². The Morgan fingerprint density at radius 2 is 2.11 bits per heavy atom. The summed E-state index contributed by atoms with van der Waals surface area (Å²) in [5.74, 6) is 2.54.